The quantitative estimate of drug-likeness (QED) is 0.0222. The van der Waals surface area contributed by atoms with Crippen LogP contribution < -0.4 is 0 Å². The first kappa shape index (κ1) is 86.1. The fourth-order valence-corrected chi connectivity index (χ4v) is 12.0. The number of carbonyl (C=O) groups excluding carboxylic acids is 4. The highest BCUT2D eigenvalue weighted by Crippen LogP contribution is 2.45. The summed E-state index contributed by atoms with van der Waals surface area (Å²) in [5, 5.41) is 10.6. The molecule has 0 heterocycles. The van der Waals surface area contributed by atoms with E-state index in [1.54, 1.807) is 0 Å². The molecule has 0 saturated heterocycles. The van der Waals surface area contributed by atoms with Crippen LogP contribution in [0.15, 0.2) is 0 Å². The van der Waals surface area contributed by atoms with Crippen molar-refractivity contribution in [3.63, 3.8) is 0 Å². The predicted molar refractivity (Wildman–Crippen MR) is 354 cm³/mol. The molecule has 0 radical (unpaired) electrons. The Labute approximate surface area is 537 Å². The fraction of sp³-hybridized carbons (Fsp3) is 0.942. The molecule has 3 N–H and O–H groups in total. The van der Waals surface area contributed by atoms with Crippen LogP contribution in [0.5, 0.6) is 0 Å². The van der Waals surface area contributed by atoms with Gasteiger partial charge in [0.1, 0.15) is 19.3 Å². The highest BCUT2D eigenvalue weighted by molar-refractivity contribution is 7.47. The number of phosphoric ester groups is 2. The van der Waals surface area contributed by atoms with Crippen LogP contribution in [0.4, 0.5) is 0 Å². The number of aliphatic hydroxyl groups is 1. The third-order valence-corrected chi connectivity index (χ3v) is 18.2. The zero-order chi connectivity index (χ0) is 65.0. The van der Waals surface area contributed by atoms with E-state index in [4.69, 9.17) is 37.0 Å². The second-order valence-corrected chi connectivity index (χ2v) is 28.5. The smallest absolute Gasteiger partial charge is 0.462 e. The average Bonchev–Trinajstić information content (AvgIpc) is 3.51. The van der Waals surface area contributed by atoms with Crippen LogP contribution in [0.3, 0.4) is 0 Å². The van der Waals surface area contributed by atoms with Crippen molar-refractivity contribution in [2.75, 3.05) is 39.6 Å². The molecule has 0 aliphatic heterocycles. The maximum Gasteiger partial charge on any atom is 0.472 e. The van der Waals surface area contributed by atoms with Crippen LogP contribution in [0.1, 0.15) is 350 Å². The minimum atomic E-state index is -4.95. The molecule has 0 amide bonds. The van der Waals surface area contributed by atoms with Gasteiger partial charge in [0, 0.05) is 25.7 Å². The van der Waals surface area contributed by atoms with Crippen molar-refractivity contribution in [2.45, 2.75) is 368 Å². The number of ether oxygens (including phenoxy) is 4. The standard InChI is InChI=1S/C69H134O17P2/c1-7-10-12-14-16-18-20-22-23-25-27-35-42-48-54-69(74)85-64(57-79-66(71)51-45-39-33-29-28-32-38-44-50-62(6)9-3)59-83-87(75,76)81-55-63(70)56-82-88(77,78)84-60-65(58-80-67(72)52-46-40-36-30-31-37-43-49-61(4)5)86-68(73)53-47-41-34-26-24-21-19-17-15-13-11-8-2/h61-65,70H,7-60H2,1-6H3,(H,75,76)(H,77,78)/t62?,63-,64-,65-/m1/s1. The molecule has 3 unspecified atom stereocenters. The van der Waals surface area contributed by atoms with Crippen molar-refractivity contribution in [3.8, 4) is 0 Å². The van der Waals surface area contributed by atoms with E-state index in [9.17, 15) is 43.2 Å². The van der Waals surface area contributed by atoms with E-state index < -0.39 is 97.5 Å². The van der Waals surface area contributed by atoms with Gasteiger partial charge in [-0.25, -0.2) is 9.13 Å². The van der Waals surface area contributed by atoms with Gasteiger partial charge in [0.25, 0.3) is 0 Å². The zero-order valence-corrected chi connectivity index (χ0v) is 58.8. The zero-order valence-electron chi connectivity index (χ0n) is 57.0. The van der Waals surface area contributed by atoms with Crippen molar-refractivity contribution >= 4 is 39.5 Å². The summed E-state index contributed by atoms with van der Waals surface area (Å²) in [7, 11) is -9.90. The van der Waals surface area contributed by atoms with E-state index in [-0.39, 0.29) is 25.7 Å². The molecule has 0 aromatic carbocycles. The molecule has 0 aromatic rings. The molecule has 0 spiro atoms. The molecule has 0 aromatic heterocycles. The third kappa shape index (κ3) is 61.6. The maximum atomic E-state index is 13.0. The number of aliphatic hydroxyl groups excluding tert-OH is 1. The second-order valence-electron chi connectivity index (χ2n) is 25.6. The van der Waals surface area contributed by atoms with Gasteiger partial charge < -0.3 is 33.8 Å². The Hall–Kier alpha value is -1.94. The summed E-state index contributed by atoms with van der Waals surface area (Å²) in [6, 6.07) is 0. The van der Waals surface area contributed by atoms with Gasteiger partial charge in [0.05, 0.1) is 26.4 Å². The largest absolute Gasteiger partial charge is 0.472 e. The third-order valence-electron chi connectivity index (χ3n) is 16.3. The van der Waals surface area contributed by atoms with Crippen LogP contribution in [0.2, 0.25) is 0 Å². The molecule has 0 fully saturated rings. The second kappa shape index (κ2) is 61.3. The first-order valence-corrected chi connectivity index (χ1v) is 39.0. The Balaban J connectivity index is 5.26. The van der Waals surface area contributed by atoms with E-state index in [2.05, 4.69) is 41.5 Å². The van der Waals surface area contributed by atoms with Gasteiger partial charge in [0.2, 0.25) is 0 Å². The highest BCUT2D eigenvalue weighted by Gasteiger charge is 2.30. The first-order valence-electron chi connectivity index (χ1n) is 36.0. The molecule has 0 bridgehead atoms. The molecule has 19 heteroatoms. The lowest BCUT2D eigenvalue weighted by Crippen LogP contribution is -2.30. The summed E-state index contributed by atoms with van der Waals surface area (Å²) < 4.78 is 68.2. The van der Waals surface area contributed by atoms with Crippen LogP contribution in [-0.2, 0) is 65.4 Å². The summed E-state index contributed by atoms with van der Waals surface area (Å²) in [6.07, 6.45) is 45.7. The SMILES string of the molecule is CCCCCCCCCCCCCCCCC(=O)O[C@H](COC(=O)CCCCCCCCCCC(C)CC)COP(=O)(O)OC[C@@H](O)COP(=O)(O)OC[C@@H](COC(=O)CCCCCCCCCC(C)C)OC(=O)CCCCCCCCCCCCCC. The minimum absolute atomic E-state index is 0.106. The lowest BCUT2D eigenvalue weighted by molar-refractivity contribution is -0.161. The van der Waals surface area contributed by atoms with Crippen molar-refractivity contribution in [3.05, 3.63) is 0 Å². The summed E-state index contributed by atoms with van der Waals surface area (Å²) in [5.41, 5.74) is 0. The first-order chi connectivity index (χ1) is 42.4. The summed E-state index contributed by atoms with van der Waals surface area (Å²) in [6.45, 7) is 9.49. The van der Waals surface area contributed by atoms with Gasteiger partial charge in [-0.05, 0) is 37.5 Å². The van der Waals surface area contributed by atoms with E-state index in [1.165, 1.54) is 161 Å². The summed E-state index contributed by atoms with van der Waals surface area (Å²) in [5.74, 6) is -0.642. The molecule has 88 heavy (non-hydrogen) atoms. The van der Waals surface area contributed by atoms with Crippen molar-refractivity contribution < 1.29 is 80.2 Å². The van der Waals surface area contributed by atoms with E-state index in [0.717, 1.165) is 102 Å². The van der Waals surface area contributed by atoms with Crippen LogP contribution in [-0.4, -0.2) is 96.7 Å². The molecule has 6 atom stereocenters. The number of carbonyl (C=O) groups is 4. The van der Waals surface area contributed by atoms with Crippen LogP contribution >= 0.6 is 15.6 Å². The van der Waals surface area contributed by atoms with Crippen molar-refractivity contribution in [1.29, 1.82) is 0 Å². The summed E-state index contributed by atoms with van der Waals surface area (Å²) in [4.78, 5) is 72.5. The molecule has 0 saturated carbocycles. The maximum absolute atomic E-state index is 13.0. The van der Waals surface area contributed by atoms with Gasteiger partial charge in [-0.3, -0.25) is 37.3 Å². The van der Waals surface area contributed by atoms with Gasteiger partial charge in [-0.2, -0.15) is 0 Å². The predicted octanol–water partition coefficient (Wildman–Crippen LogP) is 19.6. The Morgan fingerprint density at radius 3 is 0.864 bits per heavy atom. The Morgan fingerprint density at radius 1 is 0.330 bits per heavy atom. The number of phosphoric acid groups is 2. The van der Waals surface area contributed by atoms with Crippen LogP contribution in [0, 0.1) is 11.8 Å². The van der Waals surface area contributed by atoms with Gasteiger partial charge in [-0.1, -0.05) is 298 Å². The molecule has 17 nitrogen and oxygen atoms in total. The number of esters is 4. The van der Waals surface area contributed by atoms with Gasteiger partial charge in [-0.15, -0.1) is 0 Å². The van der Waals surface area contributed by atoms with Crippen LogP contribution in [0.25, 0.3) is 0 Å². The molecular formula is C69H134O17P2. The minimum Gasteiger partial charge on any atom is -0.462 e. The van der Waals surface area contributed by atoms with E-state index >= 15 is 0 Å². The topological polar surface area (TPSA) is 237 Å². The van der Waals surface area contributed by atoms with Crippen molar-refractivity contribution in [2.24, 2.45) is 11.8 Å². The normalized spacial score (nSPS) is 14.5. The lowest BCUT2D eigenvalue weighted by Gasteiger charge is -2.21. The highest BCUT2D eigenvalue weighted by atomic mass is 31.2. The number of rotatable bonds is 68. The molecule has 0 aliphatic carbocycles. The van der Waals surface area contributed by atoms with Crippen molar-refractivity contribution in [1.82, 2.24) is 0 Å². The van der Waals surface area contributed by atoms with Gasteiger partial charge >= 0.3 is 39.5 Å². The molecule has 0 rings (SSSR count). The Kier molecular flexibility index (Phi) is 59.9. The number of unbranched alkanes of at least 4 members (excludes halogenated alkanes) is 37. The van der Waals surface area contributed by atoms with E-state index in [1.807, 2.05) is 0 Å². The van der Waals surface area contributed by atoms with E-state index in [0.29, 0.717) is 31.6 Å². The molecular weight excluding hydrogens is 1160 g/mol. The average molecular weight is 1300 g/mol. The lowest BCUT2D eigenvalue weighted by atomic mass is 9.99. The molecule has 522 valence electrons. The number of hydrogen-bond donors (Lipinski definition) is 3. The monoisotopic (exact) mass is 1300 g/mol. The Bertz CT molecular complexity index is 1720. The Morgan fingerprint density at radius 2 is 0.580 bits per heavy atom. The fourth-order valence-electron chi connectivity index (χ4n) is 10.4. The number of hydrogen-bond acceptors (Lipinski definition) is 15. The molecule has 0 aliphatic rings. The summed E-state index contributed by atoms with van der Waals surface area (Å²) >= 11 is 0. The van der Waals surface area contributed by atoms with Gasteiger partial charge in [0.15, 0.2) is 12.2 Å².